The first-order chi connectivity index (χ1) is 5.91. The van der Waals surface area contributed by atoms with E-state index >= 15 is 0 Å². The Labute approximate surface area is 113 Å². The van der Waals surface area contributed by atoms with Gasteiger partial charge < -0.3 is 0 Å². The second kappa shape index (κ2) is 5.10. The summed E-state index contributed by atoms with van der Waals surface area (Å²) in [4.78, 5) is 9.13. The molecule has 6 nitrogen and oxygen atoms in total. The fourth-order valence-corrected chi connectivity index (χ4v) is 1.22. The fourth-order valence-electron chi connectivity index (χ4n) is 0.740. The van der Waals surface area contributed by atoms with Crippen molar-refractivity contribution in [3.63, 3.8) is 0 Å². The molecule has 0 radical (unpaired) electrons. The molecule has 0 fully saturated rings. The van der Waals surface area contributed by atoms with Crippen molar-refractivity contribution in [2.75, 3.05) is 0 Å². The molecule has 0 aliphatic heterocycles. The van der Waals surface area contributed by atoms with Crippen LogP contribution in [0.1, 0.15) is 0 Å². The molecule has 0 saturated carbocycles. The van der Waals surface area contributed by atoms with Gasteiger partial charge in [0.1, 0.15) is 0 Å². The summed E-state index contributed by atoms with van der Waals surface area (Å²) in [6.45, 7) is 0. The van der Waals surface area contributed by atoms with Crippen molar-refractivity contribution in [2.45, 2.75) is 4.90 Å². The van der Waals surface area contributed by atoms with Gasteiger partial charge in [-0.25, -0.2) is 0 Å². The minimum atomic E-state index is -4.27. The summed E-state index contributed by atoms with van der Waals surface area (Å²) >= 11 is 0. The number of benzene rings is 1. The molecule has 0 unspecified atom stereocenters. The number of rotatable bonds is 2. The monoisotopic (exact) mass is 345 g/mol. The molecule has 0 amide bonds. The standard InChI is InChI=1S/C6H5NO5S.Nd/c8-7(9)5-1-3-6(4-2-5)13(10,11)12;/h1-4H,(H,10,11,12);. The van der Waals surface area contributed by atoms with E-state index in [1.165, 1.54) is 0 Å². The maximum atomic E-state index is 10.5. The topological polar surface area (TPSA) is 97.5 Å². The van der Waals surface area contributed by atoms with Crippen LogP contribution in [0.2, 0.25) is 0 Å². The first-order valence-corrected chi connectivity index (χ1v) is 4.57. The van der Waals surface area contributed by atoms with Crippen LogP contribution in [0.4, 0.5) is 5.69 Å². The van der Waals surface area contributed by atoms with Crippen LogP contribution in [-0.4, -0.2) is 17.9 Å². The number of non-ortho nitro benzene ring substituents is 1. The van der Waals surface area contributed by atoms with Gasteiger partial charge in [0.25, 0.3) is 15.8 Å². The summed E-state index contributed by atoms with van der Waals surface area (Å²) in [6, 6.07) is 3.94. The zero-order valence-corrected chi connectivity index (χ0v) is 10.8. The van der Waals surface area contributed by atoms with E-state index in [1.807, 2.05) is 0 Å². The number of hydrogen-bond donors (Lipinski definition) is 1. The van der Waals surface area contributed by atoms with Crippen molar-refractivity contribution in [2.24, 2.45) is 0 Å². The number of nitro benzene ring substituents is 1. The molecule has 0 aliphatic rings. The zero-order chi connectivity index (χ0) is 10.1. The molecule has 0 aromatic heterocycles. The van der Waals surface area contributed by atoms with Crippen LogP contribution in [0.15, 0.2) is 29.2 Å². The van der Waals surface area contributed by atoms with Crippen LogP contribution in [0, 0.1) is 51.0 Å². The molecule has 74 valence electrons. The molecular weight excluding hydrogens is 342 g/mol. The molecule has 14 heavy (non-hydrogen) atoms. The Hall–Kier alpha value is -0.119. The summed E-state index contributed by atoms with van der Waals surface area (Å²) < 4.78 is 29.5. The van der Waals surface area contributed by atoms with Crippen LogP contribution in [-0.2, 0) is 10.1 Å². The van der Waals surface area contributed by atoms with E-state index in [1.54, 1.807) is 0 Å². The summed E-state index contributed by atoms with van der Waals surface area (Å²) in [5.74, 6) is 0. The van der Waals surface area contributed by atoms with Crippen molar-refractivity contribution in [1.29, 1.82) is 0 Å². The quantitative estimate of drug-likeness (QED) is 0.486. The van der Waals surface area contributed by atoms with E-state index in [0.29, 0.717) is 0 Å². The molecule has 1 aromatic rings. The Morgan fingerprint density at radius 2 is 1.64 bits per heavy atom. The van der Waals surface area contributed by atoms with Gasteiger partial charge in [-0.3, -0.25) is 14.7 Å². The molecule has 0 bridgehead atoms. The zero-order valence-electron chi connectivity index (χ0n) is 6.75. The Bertz CT molecular complexity index is 426. The molecule has 0 saturated heterocycles. The maximum absolute atomic E-state index is 10.5. The molecule has 8 heteroatoms. The average Bonchev–Trinajstić information content (AvgIpc) is 2.03. The van der Waals surface area contributed by atoms with E-state index in [9.17, 15) is 18.5 Å². The predicted molar refractivity (Wildman–Crippen MR) is 42.9 cm³/mol. The van der Waals surface area contributed by atoms with Crippen molar-refractivity contribution < 1.29 is 58.7 Å². The molecule has 0 spiro atoms. The average molecular weight is 347 g/mol. The Morgan fingerprint density at radius 1 is 1.21 bits per heavy atom. The van der Waals surface area contributed by atoms with Crippen molar-refractivity contribution in [3.8, 4) is 0 Å². The van der Waals surface area contributed by atoms with Crippen molar-refractivity contribution in [1.82, 2.24) is 0 Å². The Kier molecular flexibility index (Phi) is 5.06. The summed E-state index contributed by atoms with van der Waals surface area (Å²) in [5, 5.41) is 10.2. The molecular formula is C6H5NNdO5S. The van der Waals surface area contributed by atoms with Crippen molar-refractivity contribution in [3.05, 3.63) is 34.4 Å². The van der Waals surface area contributed by atoms with Gasteiger partial charge in [-0.1, -0.05) is 0 Å². The number of nitrogens with zero attached hydrogens (tertiary/aromatic N) is 1. The van der Waals surface area contributed by atoms with E-state index in [0.717, 1.165) is 24.3 Å². The molecule has 1 aromatic carbocycles. The Morgan fingerprint density at radius 3 is 1.93 bits per heavy atom. The summed E-state index contributed by atoms with van der Waals surface area (Å²) in [7, 11) is -4.27. The first kappa shape index (κ1) is 13.9. The Balaban J connectivity index is 0.00000169. The predicted octanol–water partition coefficient (Wildman–Crippen LogP) is 0.842. The summed E-state index contributed by atoms with van der Waals surface area (Å²) in [5.41, 5.74) is -0.229. The molecule has 0 aliphatic carbocycles. The van der Waals surface area contributed by atoms with Gasteiger partial charge in [-0.15, -0.1) is 0 Å². The molecule has 1 N–H and O–H groups in total. The fraction of sp³-hybridized carbons (Fsp3) is 0. The van der Waals surface area contributed by atoms with Crippen LogP contribution >= 0.6 is 0 Å². The van der Waals surface area contributed by atoms with Gasteiger partial charge in [0.05, 0.1) is 9.82 Å². The van der Waals surface area contributed by atoms with Gasteiger partial charge in [0.2, 0.25) is 0 Å². The smallest absolute Gasteiger partial charge is 0.282 e. The van der Waals surface area contributed by atoms with Crippen LogP contribution in [0.3, 0.4) is 0 Å². The third-order valence-electron chi connectivity index (χ3n) is 1.35. The normalized spacial score (nSPS) is 10.4. The minimum absolute atomic E-state index is 0. The van der Waals surface area contributed by atoms with Crippen LogP contribution in [0.25, 0.3) is 0 Å². The largest absolute Gasteiger partial charge is 0.294 e. The third-order valence-corrected chi connectivity index (χ3v) is 2.21. The van der Waals surface area contributed by atoms with Gasteiger partial charge >= 0.3 is 0 Å². The van der Waals surface area contributed by atoms with E-state index in [4.69, 9.17) is 4.55 Å². The number of hydrogen-bond acceptors (Lipinski definition) is 4. The molecule has 0 heterocycles. The third kappa shape index (κ3) is 3.56. The SMILES string of the molecule is O=[N+]([O-])c1ccc(S(=O)(=O)O)cc1.[Nd]. The van der Waals surface area contributed by atoms with Gasteiger partial charge in [0.15, 0.2) is 0 Å². The van der Waals surface area contributed by atoms with E-state index in [-0.39, 0.29) is 51.4 Å². The molecule has 1 rings (SSSR count). The minimum Gasteiger partial charge on any atom is -0.282 e. The molecule has 0 atom stereocenters. The van der Waals surface area contributed by atoms with Gasteiger partial charge in [-0.05, 0) is 12.1 Å². The maximum Gasteiger partial charge on any atom is 0.294 e. The first-order valence-electron chi connectivity index (χ1n) is 3.13. The summed E-state index contributed by atoms with van der Waals surface area (Å²) in [6.07, 6.45) is 0. The van der Waals surface area contributed by atoms with Gasteiger partial charge in [0, 0.05) is 53.0 Å². The van der Waals surface area contributed by atoms with E-state index in [2.05, 4.69) is 0 Å². The van der Waals surface area contributed by atoms with Gasteiger partial charge in [-0.2, -0.15) is 8.42 Å². The van der Waals surface area contributed by atoms with Crippen LogP contribution < -0.4 is 0 Å². The second-order valence-electron chi connectivity index (χ2n) is 2.23. The number of nitro groups is 1. The van der Waals surface area contributed by atoms with E-state index < -0.39 is 15.0 Å². The van der Waals surface area contributed by atoms with Crippen molar-refractivity contribution >= 4 is 15.8 Å². The van der Waals surface area contributed by atoms with Crippen LogP contribution in [0.5, 0.6) is 0 Å². The second-order valence-corrected chi connectivity index (χ2v) is 3.65.